The topological polar surface area (TPSA) is 20.9 Å². The molecule has 2 aromatic rings. The molecule has 0 atom stereocenters. The van der Waals surface area contributed by atoms with Crippen LogP contribution < -0.4 is 4.57 Å². The van der Waals surface area contributed by atoms with E-state index in [0.717, 1.165) is 18.4 Å². The van der Waals surface area contributed by atoms with Gasteiger partial charge in [0.25, 0.3) is 0 Å². The number of carbonyl (C=O) groups excluding carboxylic acids is 1. The van der Waals surface area contributed by atoms with Gasteiger partial charge in [-0.05, 0) is 17.5 Å². The molecule has 0 saturated heterocycles. The highest BCUT2D eigenvalue weighted by molar-refractivity contribution is 5.76. The first-order chi connectivity index (χ1) is 10.8. The van der Waals surface area contributed by atoms with E-state index in [0.29, 0.717) is 5.56 Å². The minimum atomic E-state index is 0.709. The number of nitrogens with zero attached hydrogens (tertiary/aromatic N) is 1. The lowest BCUT2D eigenvalue weighted by Crippen LogP contribution is -2.32. The van der Waals surface area contributed by atoms with Gasteiger partial charge in [0.15, 0.2) is 12.4 Å². The number of aldehydes is 1. The van der Waals surface area contributed by atoms with Gasteiger partial charge in [-0.3, -0.25) is 4.79 Å². The molecule has 0 spiro atoms. The lowest BCUT2D eigenvalue weighted by Gasteiger charge is -1.98. The highest BCUT2D eigenvalue weighted by atomic mass is 16.1. The summed E-state index contributed by atoms with van der Waals surface area (Å²) in [5.41, 5.74) is 2.99. The second kappa shape index (κ2) is 8.93. The zero-order valence-electron chi connectivity index (χ0n) is 13.2. The summed E-state index contributed by atoms with van der Waals surface area (Å²) >= 11 is 0. The first-order valence-corrected chi connectivity index (χ1v) is 8.04. The summed E-state index contributed by atoms with van der Waals surface area (Å²) < 4.78 is 2.24. The smallest absolute Gasteiger partial charge is 0.169 e. The van der Waals surface area contributed by atoms with Crippen molar-refractivity contribution in [2.45, 2.75) is 39.2 Å². The Balaban J connectivity index is 1.89. The number of rotatable bonds is 8. The van der Waals surface area contributed by atoms with Crippen molar-refractivity contribution in [2.75, 3.05) is 0 Å². The summed E-state index contributed by atoms with van der Waals surface area (Å²) in [6.07, 6.45) is 14.5. The molecule has 0 aliphatic heterocycles. The van der Waals surface area contributed by atoms with Crippen LogP contribution in [0.2, 0.25) is 0 Å². The van der Waals surface area contributed by atoms with Crippen molar-refractivity contribution in [2.24, 2.45) is 0 Å². The average molecular weight is 294 g/mol. The van der Waals surface area contributed by atoms with Crippen LogP contribution in [0.25, 0.3) is 12.2 Å². The zero-order chi connectivity index (χ0) is 15.6. The Kier molecular flexibility index (Phi) is 6.56. The normalized spacial score (nSPS) is 11.0. The summed E-state index contributed by atoms with van der Waals surface area (Å²) in [5, 5.41) is 0. The first-order valence-electron chi connectivity index (χ1n) is 8.04. The molecule has 0 fully saturated rings. The summed E-state index contributed by atoms with van der Waals surface area (Å²) in [7, 11) is 0. The van der Waals surface area contributed by atoms with E-state index >= 15 is 0 Å². The van der Waals surface area contributed by atoms with Gasteiger partial charge >= 0.3 is 0 Å². The molecule has 0 aliphatic carbocycles. The van der Waals surface area contributed by atoms with Gasteiger partial charge in [-0.15, -0.1) is 0 Å². The molecule has 2 nitrogen and oxygen atoms in total. The van der Waals surface area contributed by atoms with Crippen molar-refractivity contribution in [1.82, 2.24) is 0 Å². The molecule has 0 aliphatic rings. The van der Waals surface area contributed by atoms with E-state index in [4.69, 9.17) is 0 Å². The maximum atomic E-state index is 10.6. The van der Waals surface area contributed by atoms with Gasteiger partial charge in [-0.1, -0.05) is 56.2 Å². The molecule has 0 saturated carbocycles. The summed E-state index contributed by atoms with van der Waals surface area (Å²) in [6.45, 7) is 3.33. The number of hydrogen-bond acceptors (Lipinski definition) is 1. The standard InChI is InChI=1S/C20H24NO/c1-2-3-4-5-14-21-15-12-19(13-16-21)7-6-18-8-10-20(17-22)11-9-18/h6-13,15-17H,2-5,14H2,1H3/q+1. The maximum Gasteiger partial charge on any atom is 0.169 e. The van der Waals surface area contributed by atoms with Crippen LogP contribution >= 0.6 is 0 Å². The highest BCUT2D eigenvalue weighted by Crippen LogP contribution is 2.08. The van der Waals surface area contributed by atoms with Crippen LogP contribution in [0.1, 0.15) is 54.1 Å². The molecule has 0 unspecified atom stereocenters. The van der Waals surface area contributed by atoms with Gasteiger partial charge in [0.1, 0.15) is 12.8 Å². The number of aromatic nitrogens is 1. The van der Waals surface area contributed by atoms with Gasteiger partial charge in [-0.2, -0.15) is 0 Å². The number of carbonyl (C=O) groups is 1. The Morgan fingerprint density at radius 2 is 1.41 bits per heavy atom. The van der Waals surface area contributed by atoms with Gasteiger partial charge in [0.2, 0.25) is 0 Å². The molecule has 114 valence electrons. The van der Waals surface area contributed by atoms with E-state index in [1.807, 2.05) is 24.3 Å². The predicted molar refractivity (Wildman–Crippen MR) is 91.5 cm³/mol. The highest BCUT2D eigenvalue weighted by Gasteiger charge is 1.99. The van der Waals surface area contributed by atoms with E-state index in [-0.39, 0.29) is 0 Å². The Hall–Kier alpha value is -2.22. The van der Waals surface area contributed by atoms with E-state index in [1.165, 1.54) is 31.2 Å². The number of hydrogen-bond donors (Lipinski definition) is 0. The summed E-state index contributed by atoms with van der Waals surface area (Å²) in [5.74, 6) is 0. The molecular formula is C20H24NO+. The zero-order valence-corrected chi connectivity index (χ0v) is 13.2. The van der Waals surface area contributed by atoms with Crippen LogP contribution in [0.5, 0.6) is 0 Å². The molecule has 1 heterocycles. The van der Waals surface area contributed by atoms with E-state index in [2.05, 4.69) is 48.2 Å². The van der Waals surface area contributed by atoms with Crippen LogP contribution in [0, 0.1) is 0 Å². The molecule has 0 N–H and O–H groups in total. The lowest BCUT2D eigenvalue weighted by molar-refractivity contribution is -0.697. The Morgan fingerprint density at radius 3 is 2.00 bits per heavy atom. The SMILES string of the molecule is CCCCCC[n+]1ccc(C=Cc2ccc(C=O)cc2)cc1. The minimum absolute atomic E-state index is 0.709. The molecule has 0 amide bonds. The van der Waals surface area contributed by atoms with Crippen molar-refractivity contribution in [3.05, 3.63) is 65.5 Å². The van der Waals surface area contributed by atoms with Gasteiger partial charge in [0.05, 0.1) is 0 Å². The maximum absolute atomic E-state index is 10.6. The Labute approximate surface area is 133 Å². The Morgan fingerprint density at radius 1 is 0.818 bits per heavy atom. The van der Waals surface area contributed by atoms with Crippen LogP contribution in [-0.4, -0.2) is 6.29 Å². The monoisotopic (exact) mass is 294 g/mol. The van der Waals surface area contributed by atoms with Crippen molar-refractivity contribution in [3.8, 4) is 0 Å². The largest absolute Gasteiger partial charge is 0.298 e. The van der Waals surface area contributed by atoms with Crippen LogP contribution in [0.3, 0.4) is 0 Å². The molecule has 2 rings (SSSR count). The number of aryl methyl sites for hydroxylation is 1. The molecular weight excluding hydrogens is 270 g/mol. The van der Waals surface area contributed by atoms with Crippen molar-refractivity contribution >= 4 is 18.4 Å². The summed E-state index contributed by atoms with van der Waals surface area (Å²) in [6, 6.07) is 11.9. The van der Waals surface area contributed by atoms with Crippen LogP contribution in [-0.2, 0) is 6.54 Å². The second-order valence-electron chi connectivity index (χ2n) is 5.55. The van der Waals surface area contributed by atoms with Crippen molar-refractivity contribution in [3.63, 3.8) is 0 Å². The third-order valence-electron chi connectivity index (χ3n) is 3.73. The predicted octanol–water partition coefficient (Wildman–Crippen LogP) is 4.54. The van der Waals surface area contributed by atoms with Gasteiger partial charge in [0, 0.05) is 24.1 Å². The van der Waals surface area contributed by atoms with Gasteiger partial charge < -0.3 is 0 Å². The van der Waals surface area contributed by atoms with E-state index in [1.54, 1.807) is 0 Å². The third-order valence-corrected chi connectivity index (χ3v) is 3.73. The third kappa shape index (κ3) is 5.28. The molecule has 0 bridgehead atoms. The second-order valence-corrected chi connectivity index (χ2v) is 5.55. The number of benzene rings is 1. The quantitative estimate of drug-likeness (QED) is 0.398. The Bertz CT molecular complexity index is 597. The fourth-order valence-corrected chi connectivity index (χ4v) is 2.33. The minimum Gasteiger partial charge on any atom is -0.298 e. The fraction of sp³-hybridized carbons (Fsp3) is 0.300. The number of unbranched alkanes of at least 4 members (excludes halogenated alkanes) is 3. The molecule has 1 aromatic heterocycles. The summed E-state index contributed by atoms with van der Waals surface area (Å²) in [4.78, 5) is 10.6. The van der Waals surface area contributed by atoms with Crippen LogP contribution in [0.4, 0.5) is 0 Å². The van der Waals surface area contributed by atoms with Crippen molar-refractivity contribution in [1.29, 1.82) is 0 Å². The first kappa shape index (κ1) is 16.2. The molecule has 1 aromatic carbocycles. The number of pyridine rings is 1. The molecule has 2 heteroatoms. The van der Waals surface area contributed by atoms with E-state index < -0.39 is 0 Å². The van der Waals surface area contributed by atoms with Gasteiger partial charge in [-0.25, -0.2) is 4.57 Å². The van der Waals surface area contributed by atoms with Crippen LogP contribution in [0.15, 0.2) is 48.8 Å². The average Bonchev–Trinajstić information content (AvgIpc) is 2.58. The lowest BCUT2D eigenvalue weighted by atomic mass is 10.1. The molecule has 22 heavy (non-hydrogen) atoms. The van der Waals surface area contributed by atoms with E-state index in [9.17, 15) is 4.79 Å². The fourth-order valence-electron chi connectivity index (χ4n) is 2.33. The van der Waals surface area contributed by atoms with Crippen molar-refractivity contribution < 1.29 is 9.36 Å². The molecule has 0 radical (unpaired) electrons.